The summed E-state index contributed by atoms with van der Waals surface area (Å²) in [6, 6.07) is 27.0. The molecule has 226 valence electrons. The Morgan fingerprint density at radius 1 is 0.841 bits per heavy atom. The quantitative estimate of drug-likeness (QED) is 0.116. The number of carbonyl (C=O) groups is 3. The lowest BCUT2D eigenvalue weighted by Gasteiger charge is -2.16. The Hall–Kier alpha value is -4.35. The molecule has 0 aliphatic rings. The lowest BCUT2D eigenvalue weighted by Crippen LogP contribution is -2.30. The van der Waals surface area contributed by atoms with E-state index >= 15 is 0 Å². The van der Waals surface area contributed by atoms with E-state index in [-0.39, 0.29) is 11.4 Å². The van der Waals surface area contributed by atoms with E-state index in [1.807, 2.05) is 6.07 Å². The Morgan fingerprint density at radius 3 is 2.20 bits per heavy atom. The number of halogens is 4. The second-order valence-corrected chi connectivity index (χ2v) is 11.7. The summed E-state index contributed by atoms with van der Waals surface area (Å²) in [5, 5.41) is 7.44. The molecule has 4 aromatic rings. The molecule has 3 amide bonds. The molecule has 11 heteroatoms. The van der Waals surface area contributed by atoms with E-state index in [2.05, 4.69) is 31.9 Å². The highest BCUT2D eigenvalue weighted by molar-refractivity contribution is 9.10. The van der Waals surface area contributed by atoms with Gasteiger partial charge in [0.1, 0.15) is 5.70 Å². The average molecular weight is 683 g/mol. The molecule has 4 aromatic carbocycles. The van der Waals surface area contributed by atoms with Crippen molar-refractivity contribution in [3.63, 3.8) is 0 Å². The third-order valence-electron chi connectivity index (χ3n) is 6.18. The van der Waals surface area contributed by atoms with E-state index in [0.717, 1.165) is 16.6 Å². The minimum absolute atomic E-state index is 0.0157. The van der Waals surface area contributed by atoms with Crippen molar-refractivity contribution in [3.05, 3.63) is 130 Å². The second kappa shape index (κ2) is 14.9. The molecular formula is C33H27BrF3N3O3S. The predicted molar refractivity (Wildman–Crippen MR) is 171 cm³/mol. The van der Waals surface area contributed by atoms with Crippen LogP contribution in [-0.4, -0.2) is 23.0 Å². The minimum atomic E-state index is -4.53. The number of benzene rings is 4. The summed E-state index contributed by atoms with van der Waals surface area (Å²) in [6.07, 6.45) is -2.57. The van der Waals surface area contributed by atoms with Gasteiger partial charge in [-0.15, -0.1) is 11.8 Å². The number of alkyl halides is 3. The van der Waals surface area contributed by atoms with Gasteiger partial charge in [0.25, 0.3) is 11.8 Å². The Labute approximate surface area is 265 Å². The number of carbonyl (C=O) groups excluding carboxylic acids is 3. The fraction of sp³-hybridized carbons (Fsp3) is 0.121. The van der Waals surface area contributed by atoms with Gasteiger partial charge in [-0.3, -0.25) is 14.4 Å². The molecule has 3 N–H and O–H groups in total. The maximum Gasteiger partial charge on any atom is 0.416 e. The number of nitrogens with one attached hydrogen (secondary N) is 3. The Bertz CT molecular complexity index is 1680. The van der Waals surface area contributed by atoms with Crippen molar-refractivity contribution >= 4 is 62.9 Å². The van der Waals surface area contributed by atoms with Crippen LogP contribution in [0.4, 0.5) is 24.5 Å². The molecule has 0 aliphatic carbocycles. The van der Waals surface area contributed by atoms with Crippen LogP contribution in [0.5, 0.6) is 0 Å². The zero-order valence-electron chi connectivity index (χ0n) is 23.3. The molecule has 4 rings (SSSR count). The maximum absolute atomic E-state index is 13.4. The molecule has 0 fully saturated rings. The van der Waals surface area contributed by atoms with Gasteiger partial charge >= 0.3 is 6.18 Å². The largest absolute Gasteiger partial charge is 0.416 e. The molecule has 0 heterocycles. The average Bonchev–Trinajstić information content (AvgIpc) is 3.00. The van der Waals surface area contributed by atoms with E-state index in [1.165, 1.54) is 23.9 Å². The third kappa shape index (κ3) is 9.32. The van der Waals surface area contributed by atoms with Crippen LogP contribution in [0.15, 0.2) is 118 Å². The zero-order chi connectivity index (χ0) is 31.7. The first-order valence-corrected chi connectivity index (χ1v) is 15.1. The first-order chi connectivity index (χ1) is 21.0. The number of rotatable bonds is 10. The maximum atomic E-state index is 13.4. The van der Waals surface area contributed by atoms with Gasteiger partial charge < -0.3 is 16.0 Å². The lowest BCUT2D eigenvalue weighted by atomic mass is 10.1. The van der Waals surface area contributed by atoms with Crippen LogP contribution in [0.3, 0.4) is 0 Å². The number of anilines is 2. The third-order valence-corrected chi connectivity index (χ3v) is 8.03. The van der Waals surface area contributed by atoms with Crippen LogP contribution >= 0.6 is 27.7 Å². The normalized spacial score (nSPS) is 12.2. The number of thioether (sulfide) groups is 1. The van der Waals surface area contributed by atoms with E-state index in [9.17, 15) is 27.6 Å². The fourth-order valence-corrected chi connectivity index (χ4v) is 5.46. The standard InChI is InChI=1S/C33H27BrF3N3O3S/c1-2-29(32(43)39-25-14-7-12-23(19-25)33(35,36)37)44-27-16-8-15-26(20-27)38-31(42)28(18-21-9-6-13-24(34)17-21)40-30(41)22-10-4-3-5-11-22/h3-20,29H,2H2,1H3,(H,38,42)(H,39,43)(H,40,41)/b28-18+. The van der Waals surface area contributed by atoms with Gasteiger partial charge in [0.05, 0.1) is 10.8 Å². The van der Waals surface area contributed by atoms with Gasteiger partial charge in [-0.1, -0.05) is 65.3 Å². The molecule has 44 heavy (non-hydrogen) atoms. The van der Waals surface area contributed by atoms with Crippen molar-refractivity contribution in [2.75, 3.05) is 10.6 Å². The van der Waals surface area contributed by atoms with Gasteiger partial charge in [-0.2, -0.15) is 13.2 Å². The Balaban J connectivity index is 1.49. The van der Waals surface area contributed by atoms with E-state index < -0.39 is 34.7 Å². The van der Waals surface area contributed by atoms with Crippen LogP contribution in [0.25, 0.3) is 6.08 Å². The minimum Gasteiger partial charge on any atom is -0.325 e. The summed E-state index contributed by atoms with van der Waals surface area (Å²) in [5.41, 5.74) is 0.691. The van der Waals surface area contributed by atoms with Crippen molar-refractivity contribution in [2.45, 2.75) is 29.7 Å². The van der Waals surface area contributed by atoms with Gasteiger partial charge in [-0.25, -0.2) is 0 Å². The lowest BCUT2D eigenvalue weighted by molar-refractivity contribution is -0.137. The van der Waals surface area contributed by atoms with Gasteiger partial charge in [-0.05, 0) is 78.7 Å². The van der Waals surface area contributed by atoms with Crippen molar-refractivity contribution in [1.82, 2.24) is 5.32 Å². The summed E-state index contributed by atoms with van der Waals surface area (Å²) in [7, 11) is 0. The summed E-state index contributed by atoms with van der Waals surface area (Å²) in [5.74, 6) is -1.47. The van der Waals surface area contributed by atoms with Gasteiger partial charge in [0.15, 0.2) is 0 Å². The number of hydrogen-bond acceptors (Lipinski definition) is 4. The molecule has 6 nitrogen and oxygen atoms in total. The molecule has 0 radical (unpaired) electrons. The number of amides is 3. The highest BCUT2D eigenvalue weighted by atomic mass is 79.9. The summed E-state index contributed by atoms with van der Waals surface area (Å²) in [6.45, 7) is 1.80. The first kappa shape index (κ1) is 32.6. The van der Waals surface area contributed by atoms with E-state index in [4.69, 9.17) is 0 Å². The molecule has 0 aliphatic heterocycles. The van der Waals surface area contributed by atoms with Crippen molar-refractivity contribution in [3.8, 4) is 0 Å². The van der Waals surface area contributed by atoms with Crippen molar-refractivity contribution in [2.24, 2.45) is 0 Å². The first-order valence-electron chi connectivity index (χ1n) is 13.4. The molecule has 0 spiro atoms. The van der Waals surface area contributed by atoms with Crippen LogP contribution in [-0.2, 0) is 15.8 Å². The summed E-state index contributed by atoms with van der Waals surface area (Å²) >= 11 is 4.62. The molecule has 1 atom stereocenters. The molecule has 0 aromatic heterocycles. The number of hydrogen-bond donors (Lipinski definition) is 3. The van der Waals surface area contributed by atoms with Crippen LogP contribution in [0.2, 0.25) is 0 Å². The summed E-state index contributed by atoms with van der Waals surface area (Å²) in [4.78, 5) is 39.9. The zero-order valence-corrected chi connectivity index (χ0v) is 25.7. The SMILES string of the molecule is CCC(Sc1cccc(NC(=O)/C(=C\c2cccc(Br)c2)NC(=O)c2ccccc2)c1)C(=O)Nc1cccc(C(F)(F)F)c1. The van der Waals surface area contributed by atoms with Crippen molar-refractivity contribution in [1.29, 1.82) is 0 Å². The smallest absolute Gasteiger partial charge is 0.325 e. The highest BCUT2D eigenvalue weighted by Gasteiger charge is 2.30. The topological polar surface area (TPSA) is 87.3 Å². The van der Waals surface area contributed by atoms with Gasteiger partial charge in [0.2, 0.25) is 5.91 Å². The molecule has 0 saturated carbocycles. The van der Waals surface area contributed by atoms with E-state index in [1.54, 1.807) is 85.8 Å². The second-order valence-electron chi connectivity index (χ2n) is 9.50. The fourth-order valence-electron chi connectivity index (χ4n) is 4.03. The van der Waals surface area contributed by atoms with Crippen molar-refractivity contribution < 1.29 is 27.6 Å². The highest BCUT2D eigenvalue weighted by Crippen LogP contribution is 2.32. The Kier molecular flexibility index (Phi) is 11.0. The predicted octanol–water partition coefficient (Wildman–Crippen LogP) is 8.39. The molecular weight excluding hydrogens is 655 g/mol. The summed E-state index contributed by atoms with van der Waals surface area (Å²) < 4.78 is 40.1. The van der Waals surface area contributed by atoms with E-state index in [0.29, 0.717) is 28.1 Å². The molecule has 1 unspecified atom stereocenters. The van der Waals surface area contributed by atoms with Gasteiger partial charge in [0, 0.05) is 26.3 Å². The molecule has 0 saturated heterocycles. The van der Waals surface area contributed by atoms with Crippen LogP contribution in [0, 0.1) is 0 Å². The van der Waals surface area contributed by atoms with Crippen LogP contribution < -0.4 is 16.0 Å². The molecule has 0 bridgehead atoms. The monoisotopic (exact) mass is 681 g/mol. The van der Waals surface area contributed by atoms with Crippen LogP contribution in [0.1, 0.15) is 34.8 Å². The Morgan fingerprint density at radius 2 is 1.52 bits per heavy atom.